The van der Waals surface area contributed by atoms with Crippen molar-refractivity contribution >= 4 is 12.1 Å². The van der Waals surface area contributed by atoms with E-state index in [4.69, 9.17) is 4.74 Å². The number of methoxy groups -OCH3 is 1. The first-order chi connectivity index (χ1) is 11.3. The van der Waals surface area contributed by atoms with Gasteiger partial charge in [-0.25, -0.2) is 5.43 Å². The number of alkyl halides is 3. The van der Waals surface area contributed by atoms with Crippen molar-refractivity contribution in [3.8, 4) is 11.5 Å². The van der Waals surface area contributed by atoms with Crippen LogP contribution in [0.3, 0.4) is 0 Å². The van der Waals surface area contributed by atoms with E-state index in [1.54, 1.807) is 12.1 Å². The number of phenols is 1. The number of para-hydroxylation sites is 1. The monoisotopic (exact) mass is 342 g/mol. The quantitative estimate of drug-likeness (QED) is 0.640. The molecule has 1 amide bonds. The topological polar surface area (TPSA) is 88.7 Å². The molecule has 0 aliphatic rings. The van der Waals surface area contributed by atoms with Gasteiger partial charge in [-0.05, 0) is 18.2 Å². The van der Waals surface area contributed by atoms with Gasteiger partial charge >= 0.3 is 6.18 Å². The second kappa shape index (κ2) is 7.02. The summed E-state index contributed by atoms with van der Waals surface area (Å²) >= 11 is 0. The highest BCUT2D eigenvalue weighted by Crippen LogP contribution is 2.28. The molecule has 0 saturated carbocycles. The molecule has 10 heteroatoms. The number of hydrazone groups is 1. The third-order valence-electron chi connectivity index (χ3n) is 2.88. The molecule has 2 rings (SSSR count). The number of halogens is 3. The molecule has 128 valence electrons. The molecule has 7 nitrogen and oxygen atoms in total. The van der Waals surface area contributed by atoms with Gasteiger partial charge in [0.15, 0.2) is 17.2 Å². The predicted molar refractivity (Wildman–Crippen MR) is 77.6 cm³/mol. The average Bonchev–Trinajstić information content (AvgIpc) is 2.97. The summed E-state index contributed by atoms with van der Waals surface area (Å²) in [6.45, 7) is -0.433. The summed E-state index contributed by atoms with van der Waals surface area (Å²) in [5.74, 6) is -0.591. The Morgan fingerprint density at radius 3 is 2.83 bits per heavy atom. The second-order valence-corrected chi connectivity index (χ2v) is 4.59. The minimum absolute atomic E-state index is 0.153. The molecule has 1 aromatic heterocycles. The summed E-state index contributed by atoms with van der Waals surface area (Å²) in [6.07, 6.45) is -2.34. The van der Waals surface area contributed by atoms with Crippen molar-refractivity contribution in [3.05, 3.63) is 41.7 Å². The maximum Gasteiger partial charge on any atom is 0.435 e. The standard InChI is InChI=1S/C14H13F3N4O3/c1-24-10-4-2-3-9(13(10)23)7-18-19-12(22)8-21-6-5-11(20-21)14(15,16)17/h2-7,23H,8H2,1H3,(H,19,22)/b18-7+. The van der Waals surface area contributed by atoms with Gasteiger partial charge in [-0.15, -0.1) is 0 Å². The fourth-order valence-electron chi connectivity index (χ4n) is 1.77. The van der Waals surface area contributed by atoms with Crippen LogP contribution in [0.5, 0.6) is 11.5 Å². The number of nitrogens with one attached hydrogen (secondary N) is 1. The molecule has 0 aliphatic heterocycles. The third-order valence-corrected chi connectivity index (χ3v) is 2.88. The van der Waals surface area contributed by atoms with E-state index in [2.05, 4.69) is 15.6 Å². The number of aromatic hydroxyl groups is 1. The van der Waals surface area contributed by atoms with Gasteiger partial charge in [0.1, 0.15) is 6.54 Å². The molecule has 24 heavy (non-hydrogen) atoms. The van der Waals surface area contributed by atoms with E-state index in [0.717, 1.165) is 16.9 Å². The van der Waals surface area contributed by atoms with Gasteiger partial charge in [0.2, 0.25) is 0 Å². The molecule has 0 saturated heterocycles. The number of hydrogen-bond donors (Lipinski definition) is 2. The molecule has 0 bridgehead atoms. The highest BCUT2D eigenvalue weighted by Gasteiger charge is 2.33. The Morgan fingerprint density at radius 1 is 1.46 bits per heavy atom. The molecule has 1 heterocycles. The van der Waals surface area contributed by atoms with E-state index in [-0.39, 0.29) is 11.5 Å². The summed E-state index contributed by atoms with van der Waals surface area (Å²) in [6, 6.07) is 5.47. The van der Waals surface area contributed by atoms with Crippen molar-refractivity contribution in [2.45, 2.75) is 12.7 Å². The molecule has 0 unspecified atom stereocenters. The van der Waals surface area contributed by atoms with Crippen molar-refractivity contribution in [1.29, 1.82) is 0 Å². The van der Waals surface area contributed by atoms with Gasteiger partial charge in [0.25, 0.3) is 5.91 Å². The lowest BCUT2D eigenvalue weighted by atomic mass is 10.2. The summed E-state index contributed by atoms with van der Waals surface area (Å²) in [7, 11) is 1.39. The van der Waals surface area contributed by atoms with E-state index < -0.39 is 24.3 Å². The van der Waals surface area contributed by atoms with Gasteiger partial charge in [0.05, 0.1) is 13.3 Å². The number of hydrogen-bond acceptors (Lipinski definition) is 5. The van der Waals surface area contributed by atoms with Crippen LogP contribution in [-0.4, -0.2) is 34.1 Å². The van der Waals surface area contributed by atoms with Crippen molar-refractivity contribution in [2.24, 2.45) is 5.10 Å². The molecule has 0 fully saturated rings. The Kier molecular flexibility index (Phi) is 5.07. The summed E-state index contributed by atoms with van der Waals surface area (Å²) in [5.41, 5.74) is 1.34. The number of carbonyl (C=O) groups is 1. The van der Waals surface area contributed by atoms with E-state index in [1.807, 2.05) is 0 Å². The predicted octanol–water partition coefficient (Wildman–Crippen LogP) is 1.77. The number of phenolic OH excluding ortho intramolecular Hbond substituents is 1. The van der Waals surface area contributed by atoms with Crippen LogP contribution in [0.1, 0.15) is 11.3 Å². The van der Waals surface area contributed by atoms with Crippen LogP contribution in [0.2, 0.25) is 0 Å². The lowest BCUT2D eigenvalue weighted by Gasteiger charge is -2.05. The summed E-state index contributed by atoms with van der Waals surface area (Å²) in [4.78, 5) is 11.6. The van der Waals surface area contributed by atoms with Crippen LogP contribution in [0, 0.1) is 0 Å². The van der Waals surface area contributed by atoms with Crippen molar-refractivity contribution in [2.75, 3.05) is 7.11 Å². The first kappa shape index (κ1) is 17.3. The average molecular weight is 342 g/mol. The largest absolute Gasteiger partial charge is 0.504 e. The molecule has 0 atom stereocenters. The number of amides is 1. The fourth-order valence-corrected chi connectivity index (χ4v) is 1.77. The van der Waals surface area contributed by atoms with Crippen molar-refractivity contribution in [3.63, 3.8) is 0 Å². The Hall–Kier alpha value is -3.04. The molecular formula is C14H13F3N4O3. The molecular weight excluding hydrogens is 329 g/mol. The minimum Gasteiger partial charge on any atom is -0.504 e. The third kappa shape index (κ3) is 4.24. The first-order valence-electron chi connectivity index (χ1n) is 6.60. The van der Waals surface area contributed by atoms with Crippen LogP contribution < -0.4 is 10.2 Å². The zero-order valence-electron chi connectivity index (χ0n) is 12.4. The van der Waals surface area contributed by atoms with E-state index in [0.29, 0.717) is 5.56 Å². The number of aromatic nitrogens is 2. The van der Waals surface area contributed by atoms with Gasteiger partial charge in [-0.3, -0.25) is 9.48 Å². The number of ether oxygens (including phenoxy) is 1. The van der Waals surface area contributed by atoms with Crippen LogP contribution in [0.4, 0.5) is 13.2 Å². The molecule has 1 aromatic carbocycles. The van der Waals surface area contributed by atoms with Gasteiger partial charge in [-0.2, -0.15) is 23.4 Å². The number of rotatable bonds is 5. The lowest BCUT2D eigenvalue weighted by molar-refractivity contribution is -0.141. The van der Waals surface area contributed by atoms with Gasteiger partial charge < -0.3 is 9.84 Å². The smallest absolute Gasteiger partial charge is 0.435 e. The summed E-state index contributed by atoms with van der Waals surface area (Å²) < 4.78 is 42.9. The molecule has 2 aromatic rings. The van der Waals surface area contributed by atoms with Crippen LogP contribution in [0.25, 0.3) is 0 Å². The maximum atomic E-state index is 12.4. The van der Waals surface area contributed by atoms with Crippen molar-refractivity contribution in [1.82, 2.24) is 15.2 Å². The molecule has 0 aliphatic carbocycles. The van der Waals surface area contributed by atoms with Crippen LogP contribution in [-0.2, 0) is 17.5 Å². The Labute approximate surface area is 134 Å². The maximum absolute atomic E-state index is 12.4. The van der Waals surface area contributed by atoms with E-state index >= 15 is 0 Å². The lowest BCUT2D eigenvalue weighted by Crippen LogP contribution is -2.23. The minimum atomic E-state index is -4.57. The Balaban J connectivity index is 1.95. The summed E-state index contributed by atoms with van der Waals surface area (Å²) in [5, 5.41) is 16.7. The van der Waals surface area contributed by atoms with Crippen LogP contribution >= 0.6 is 0 Å². The zero-order valence-corrected chi connectivity index (χ0v) is 12.4. The van der Waals surface area contributed by atoms with Gasteiger partial charge in [0, 0.05) is 11.8 Å². The normalized spacial score (nSPS) is 11.7. The fraction of sp³-hybridized carbons (Fsp3) is 0.214. The van der Waals surface area contributed by atoms with E-state index in [1.165, 1.54) is 19.4 Å². The molecule has 2 N–H and O–H groups in total. The highest BCUT2D eigenvalue weighted by molar-refractivity contribution is 5.86. The Bertz CT molecular complexity index is 756. The SMILES string of the molecule is COc1cccc(/C=N/NC(=O)Cn2ccc(C(F)(F)F)n2)c1O. The van der Waals surface area contributed by atoms with Crippen molar-refractivity contribution < 1.29 is 27.8 Å². The number of benzene rings is 1. The Morgan fingerprint density at radius 2 is 2.21 bits per heavy atom. The van der Waals surface area contributed by atoms with E-state index in [9.17, 15) is 23.1 Å². The number of carbonyl (C=O) groups excluding carboxylic acids is 1. The highest BCUT2D eigenvalue weighted by atomic mass is 19.4. The first-order valence-corrected chi connectivity index (χ1v) is 6.60. The number of nitrogens with zero attached hydrogens (tertiary/aromatic N) is 3. The second-order valence-electron chi connectivity index (χ2n) is 4.59. The van der Waals surface area contributed by atoms with Gasteiger partial charge in [-0.1, -0.05) is 6.07 Å². The van der Waals surface area contributed by atoms with Crippen LogP contribution in [0.15, 0.2) is 35.6 Å². The molecule has 0 radical (unpaired) electrons. The zero-order chi connectivity index (χ0) is 17.7. The molecule has 0 spiro atoms.